The Morgan fingerprint density at radius 2 is 1.86 bits per heavy atom. The van der Waals surface area contributed by atoms with Crippen LogP contribution in [0.4, 0.5) is 13.2 Å². The number of nitrogens with one attached hydrogen (secondary N) is 1. The fourth-order valence-corrected chi connectivity index (χ4v) is 2.64. The van der Waals surface area contributed by atoms with E-state index in [2.05, 4.69) is 11.9 Å². The molecule has 1 N–H and O–H groups in total. The van der Waals surface area contributed by atoms with Gasteiger partial charge < -0.3 is 5.32 Å². The number of amides is 1. The minimum Gasteiger partial charge on any atom is -0.330 e. The lowest BCUT2D eigenvalue weighted by molar-refractivity contribution is -0.138. The van der Waals surface area contributed by atoms with Crippen LogP contribution < -0.4 is 5.32 Å². The van der Waals surface area contributed by atoms with Crippen molar-refractivity contribution in [1.29, 1.82) is 0 Å². The summed E-state index contributed by atoms with van der Waals surface area (Å²) in [6.07, 6.45) is -3.64. The zero-order valence-corrected chi connectivity index (χ0v) is 13.0. The van der Waals surface area contributed by atoms with E-state index in [0.29, 0.717) is 24.1 Å². The second-order valence-electron chi connectivity index (χ2n) is 6.73. The maximum atomic E-state index is 13.4. The summed E-state index contributed by atoms with van der Waals surface area (Å²) in [7, 11) is 0. The summed E-state index contributed by atoms with van der Waals surface area (Å²) in [4.78, 5) is 12.0. The Morgan fingerprint density at radius 1 is 1.23 bits per heavy atom. The molecule has 1 amide bonds. The summed E-state index contributed by atoms with van der Waals surface area (Å²) in [6.45, 7) is 9.24. The van der Waals surface area contributed by atoms with Crippen LogP contribution in [0.2, 0.25) is 0 Å². The molecule has 0 radical (unpaired) electrons. The second kappa shape index (κ2) is 5.45. The molecule has 1 saturated heterocycles. The van der Waals surface area contributed by atoms with Crippen molar-refractivity contribution in [3.05, 3.63) is 47.2 Å². The number of piperidine rings is 1. The van der Waals surface area contributed by atoms with Crippen molar-refractivity contribution in [2.75, 3.05) is 0 Å². The average Bonchev–Trinajstić information content (AvgIpc) is 2.36. The van der Waals surface area contributed by atoms with Gasteiger partial charge in [0.25, 0.3) is 0 Å². The molecule has 1 aromatic rings. The molecule has 0 bridgehead atoms. The van der Waals surface area contributed by atoms with E-state index in [1.807, 2.05) is 20.8 Å². The molecule has 1 fully saturated rings. The summed E-state index contributed by atoms with van der Waals surface area (Å²) in [5.74, 6) is -1.19. The quantitative estimate of drug-likeness (QED) is 0.812. The molecular weight excluding hydrogens is 291 g/mol. The van der Waals surface area contributed by atoms with Crippen LogP contribution >= 0.6 is 0 Å². The Hall–Kier alpha value is -1.78. The van der Waals surface area contributed by atoms with Crippen molar-refractivity contribution in [2.24, 2.45) is 0 Å². The number of halogens is 3. The van der Waals surface area contributed by atoms with E-state index in [1.54, 1.807) is 6.07 Å². The minimum atomic E-state index is -4.48. The van der Waals surface area contributed by atoms with Crippen molar-refractivity contribution in [1.82, 2.24) is 5.32 Å². The van der Waals surface area contributed by atoms with Gasteiger partial charge in [0, 0.05) is 5.70 Å². The molecule has 1 heterocycles. The summed E-state index contributed by atoms with van der Waals surface area (Å²) >= 11 is 0. The molecular formula is C17H20F3NO. The normalized spacial score (nSPS) is 20.0. The fraction of sp³-hybridized carbons (Fsp3) is 0.471. The number of rotatable bonds is 1. The van der Waals surface area contributed by atoms with Gasteiger partial charge in [-0.2, -0.15) is 13.2 Å². The highest BCUT2D eigenvalue weighted by atomic mass is 19.4. The molecule has 5 heteroatoms. The van der Waals surface area contributed by atoms with Gasteiger partial charge in [0.05, 0.1) is 11.5 Å². The first-order valence-corrected chi connectivity index (χ1v) is 7.20. The summed E-state index contributed by atoms with van der Waals surface area (Å²) < 4.78 is 40.3. The third-order valence-electron chi connectivity index (χ3n) is 3.95. The zero-order valence-electron chi connectivity index (χ0n) is 13.0. The average molecular weight is 311 g/mol. The van der Waals surface area contributed by atoms with Gasteiger partial charge in [-0.1, -0.05) is 39.5 Å². The lowest BCUT2D eigenvalue weighted by Crippen LogP contribution is -2.34. The Bertz CT molecular complexity index is 611. The minimum absolute atomic E-state index is 0.0468. The monoisotopic (exact) mass is 311 g/mol. The van der Waals surface area contributed by atoms with E-state index in [4.69, 9.17) is 0 Å². The van der Waals surface area contributed by atoms with Gasteiger partial charge in [0.1, 0.15) is 0 Å². The van der Waals surface area contributed by atoms with E-state index < -0.39 is 23.6 Å². The number of alkyl halides is 3. The number of carbonyl (C=O) groups excluding carboxylic acids is 1. The largest absolute Gasteiger partial charge is 0.416 e. The second-order valence-corrected chi connectivity index (χ2v) is 6.73. The highest BCUT2D eigenvalue weighted by Crippen LogP contribution is 2.40. The maximum Gasteiger partial charge on any atom is 0.416 e. The van der Waals surface area contributed by atoms with E-state index in [1.165, 1.54) is 12.1 Å². The van der Waals surface area contributed by atoms with Crippen LogP contribution in [-0.4, -0.2) is 5.91 Å². The van der Waals surface area contributed by atoms with Crippen LogP contribution in [0.5, 0.6) is 0 Å². The van der Waals surface area contributed by atoms with Crippen molar-refractivity contribution < 1.29 is 18.0 Å². The Kier molecular flexibility index (Phi) is 4.11. The van der Waals surface area contributed by atoms with Gasteiger partial charge in [0.2, 0.25) is 5.91 Å². The van der Waals surface area contributed by atoms with Gasteiger partial charge >= 0.3 is 6.18 Å². The first-order chi connectivity index (χ1) is 10.00. The molecule has 22 heavy (non-hydrogen) atoms. The Balaban J connectivity index is 2.52. The molecule has 1 unspecified atom stereocenters. The smallest absolute Gasteiger partial charge is 0.330 e. The highest BCUT2D eigenvalue weighted by molar-refractivity contribution is 5.86. The van der Waals surface area contributed by atoms with E-state index in [9.17, 15) is 18.0 Å². The van der Waals surface area contributed by atoms with Crippen LogP contribution in [0.25, 0.3) is 0 Å². The van der Waals surface area contributed by atoms with Gasteiger partial charge in [-0.3, -0.25) is 4.79 Å². The molecule has 1 aliphatic rings. The van der Waals surface area contributed by atoms with Gasteiger partial charge in [-0.15, -0.1) is 0 Å². The van der Waals surface area contributed by atoms with Crippen molar-refractivity contribution in [3.8, 4) is 0 Å². The lowest BCUT2D eigenvalue weighted by Gasteiger charge is -2.28. The maximum absolute atomic E-state index is 13.4. The summed E-state index contributed by atoms with van der Waals surface area (Å²) in [6, 6.07) is 4.30. The Morgan fingerprint density at radius 3 is 2.36 bits per heavy atom. The molecule has 1 aliphatic heterocycles. The van der Waals surface area contributed by atoms with Crippen LogP contribution in [0.15, 0.2) is 30.5 Å². The summed E-state index contributed by atoms with van der Waals surface area (Å²) in [5, 5.41) is 2.55. The fourth-order valence-electron chi connectivity index (χ4n) is 2.64. The number of hydrogen-bond donors (Lipinski definition) is 1. The van der Waals surface area contributed by atoms with Crippen molar-refractivity contribution in [2.45, 2.75) is 51.1 Å². The standard InChI is InChI=1S/C17H20F3NO/c1-10-5-7-13(15(22)21-10)12-8-6-11(16(2,3)4)9-14(12)17(18,19)20/h6,8-9,13H,1,5,7H2,2-4H3,(H,21,22). The zero-order chi connectivity index (χ0) is 16.7. The number of benzene rings is 1. The first-order valence-electron chi connectivity index (χ1n) is 7.20. The first kappa shape index (κ1) is 16.6. The number of allylic oxidation sites excluding steroid dienone is 1. The van der Waals surface area contributed by atoms with E-state index in [-0.39, 0.29) is 11.0 Å². The van der Waals surface area contributed by atoms with Crippen molar-refractivity contribution >= 4 is 5.91 Å². The van der Waals surface area contributed by atoms with Crippen LogP contribution in [0.1, 0.15) is 56.2 Å². The van der Waals surface area contributed by atoms with E-state index in [0.717, 1.165) is 0 Å². The topological polar surface area (TPSA) is 29.1 Å². The highest BCUT2D eigenvalue weighted by Gasteiger charge is 2.38. The van der Waals surface area contributed by atoms with Crippen LogP contribution in [0.3, 0.4) is 0 Å². The molecule has 0 aliphatic carbocycles. The van der Waals surface area contributed by atoms with Gasteiger partial charge in [-0.25, -0.2) is 0 Å². The van der Waals surface area contributed by atoms with Gasteiger partial charge in [-0.05, 0) is 35.4 Å². The predicted molar refractivity (Wildman–Crippen MR) is 79.4 cm³/mol. The predicted octanol–water partition coefficient (Wildman–Crippen LogP) is 4.51. The molecule has 0 spiro atoms. The Labute approximate surface area is 128 Å². The third kappa shape index (κ3) is 3.34. The molecule has 0 aromatic heterocycles. The van der Waals surface area contributed by atoms with Crippen LogP contribution in [0, 0.1) is 0 Å². The molecule has 2 rings (SSSR count). The van der Waals surface area contributed by atoms with E-state index >= 15 is 0 Å². The summed E-state index contributed by atoms with van der Waals surface area (Å²) in [5.41, 5.74) is 0.102. The van der Waals surface area contributed by atoms with Crippen LogP contribution in [-0.2, 0) is 16.4 Å². The molecule has 2 nitrogen and oxygen atoms in total. The third-order valence-corrected chi connectivity index (χ3v) is 3.95. The molecule has 120 valence electrons. The van der Waals surface area contributed by atoms with Gasteiger partial charge in [0.15, 0.2) is 0 Å². The lowest BCUT2D eigenvalue weighted by atomic mass is 9.81. The molecule has 1 aromatic carbocycles. The van der Waals surface area contributed by atoms with Crippen molar-refractivity contribution in [3.63, 3.8) is 0 Å². The number of carbonyl (C=O) groups is 1. The SMILES string of the molecule is C=C1CCC(c2ccc(C(C)(C)C)cc2C(F)(F)F)C(=O)N1. The number of hydrogen-bond acceptors (Lipinski definition) is 1. The molecule has 1 atom stereocenters. The molecule has 0 saturated carbocycles.